The zero-order chi connectivity index (χ0) is 13.7. The van der Waals surface area contributed by atoms with Crippen molar-refractivity contribution in [3.05, 3.63) is 30.3 Å². The molecule has 1 aromatic rings. The van der Waals surface area contributed by atoms with Gasteiger partial charge in [0, 0.05) is 31.9 Å². The van der Waals surface area contributed by atoms with Crippen molar-refractivity contribution in [1.82, 2.24) is 5.32 Å². The van der Waals surface area contributed by atoms with E-state index in [9.17, 15) is 0 Å². The van der Waals surface area contributed by atoms with E-state index in [4.69, 9.17) is 4.74 Å². The summed E-state index contributed by atoms with van der Waals surface area (Å²) in [4.78, 5) is 2.28. The molecule has 0 saturated carbocycles. The van der Waals surface area contributed by atoms with Crippen LogP contribution in [-0.4, -0.2) is 38.4 Å². The second kappa shape index (κ2) is 6.92. The van der Waals surface area contributed by atoms with Gasteiger partial charge in [0.05, 0.1) is 12.2 Å². The Labute approximate surface area is 116 Å². The Kier molecular flexibility index (Phi) is 5.23. The van der Waals surface area contributed by atoms with Crippen LogP contribution in [-0.2, 0) is 4.74 Å². The molecule has 1 N–H and O–H groups in total. The van der Waals surface area contributed by atoms with Crippen molar-refractivity contribution in [2.45, 2.75) is 44.9 Å². The van der Waals surface area contributed by atoms with Gasteiger partial charge in [-0.1, -0.05) is 32.0 Å². The fraction of sp³-hybridized carbons (Fsp3) is 0.625. The van der Waals surface area contributed by atoms with E-state index >= 15 is 0 Å². The SMILES string of the molecule is CC(C)NCC1CCC(CN(C)c2ccccc2)O1. The van der Waals surface area contributed by atoms with Crippen LogP contribution in [0.1, 0.15) is 26.7 Å². The lowest BCUT2D eigenvalue weighted by Crippen LogP contribution is -2.34. The molecule has 1 aliphatic heterocycles. The molecule has 3 heteroatoms. The number of likely N-dealkylation sites (N-methyl/N-ethyl adjacent to an activating group) is 1. The summed E-state index contributed by atoms with van der Waals surface area (Å²) in [5.74, 6) is 0. The lowest BCUT2D eigenvalue weighted by molar-refractivity contribution is 0.0489. The summed E-state index contributed by atoms with van der Waals surface area (Å²) in [5, 5.41) is 3.45. The van der Waals surface area contributed by atoms with Gasteiger partial charge in [0.1, 0.15) is 0 Å². The van der Waals surface area contributed by atoms with Gasteiger partial charge >= 0.3 is 0 Å². The third kappa shape index (κ3) is 4.51. The average molecular weight is 262 g/mol. The molecule has 2 rings (SSSR count). The van der Waals surface area contributed by atoms with Gasteiger partial charge in [-0.15, -0.1) is 0 Å². The molecule has 2 unspecified atom stereocenters. The van der Waals surface area contributed by atoms with Gasteiger partial charge in [0.25, 0.3) is 0 Å². The molecule has 19 heavy (non-hydrogen) atoms. The van der Waals surface area contributed by atoms with Crippen LogP contribution in [0.3, 0.4) is 0 Å². The monoisotopic (exact) mass is 262 g/mol. The van der Waals surface area contributed by atoms with Gasteiger partial charge < -0.3 is 15.0 Å². The summed E-state index contributed by atoms with van der Waals surface area (Å²) in [7, 11) is 2.14. The third-order valence-electron chi connectivity index (χ3n) is 3.62. The molecule has 1 aliphatic rings. The Morgan fingerprint density at radius 1 is 1.21 bits per heavy atom. The fourth-order valence-corrected chi connectivity index (χ4v) is 2.53. The smallest absolute Gasteiger partial charge is 0.0755 e. The number of para-hydroxylation sites is 1. The minimum absolute atomic E-state index is 0.365. The van der Waals surface area contributed by atoms with Gasteiger partial charge in [0.2, 0.25) is 0 Å². The summed E-state index contributed by atoms with van der Waals surface area (Å²) >= 11 is 0. The molecule has 3 nitrogen and oxygen atoms in total. The Bertz CT molecular complexity index is 366. The predicted octanol–water partition coefficient (Wildman–Crippen LogP) is 2.67. The number of anilines is 1. The first-order chi connectivity index (χ1) is 9.15. The highest BCUT2D eigenvalue weighted by Crippen LogP contribution is 2.22. The molecule has 1 saturated heterocycles. The normalized spacial score (nSPS) is 22.9. The molecule has 1 aromatic carbocycles. The molecule has 0 bridgehead atoms. The molecule has 0 spiro atoms. The summed E-state index contributed by atoms with van der Waals surface area (Å²) in [6, 6.07) is 11.0. The first kappa shape index (κ1) is 14.4. The zero-order valence-corrected chi connectivity index (χ0v) is 12.3. The van der Waals surface area contributed by atoms with E-state index in [-0.39, 0.29) is 0 Å². The van der Waals surface area contributed by atoms with Gasteiger partial charge in [0.15, 0.2) is 0 Å². The Hall–Kier alpha value is -1.06. The minimum Gasteiger partial charge on any atom is -0.372 e. The molecule has 106 valence electrons. The van der Waals surface area contributed by atoms with Crippen LogP contribution in [0, 0.1) is 0 Å². The third-order valence-corrected chi connectivity index (χ3v) is 3.62. The zero-order valence-electron chi connectivity index (χ0n) is 12.3. The van der Waals surface area contributed by atoms with E-state index < -0.39 is 0 Å². The first-order valence-electron chi connectivity index (χ1n) is 7.30. The molecular formula is C16H26N2O. The molecule has 0 amide bonds. The van der Waals surface area contributed by atoms with Crippen molar-refractivity contribution >= 4 is 5.69 Å². The van der Waals surface area contributed by atoms with Crippen molar-refractivity contribution in [3.8, 4) is 0 Å². The van der Waals surface area contributed by atoms with E-state index in [0.717, 1.165) is 13.1 Å². The van der Waals surface area contributed by atoms with E-state index in [1.807, 2.05) is 0 Å². The van der Waals surface area contributed by atoms with E-state index in [2.05, 4.69) is 61.4 Å². The van der Waals surface area contributed by atoms with Crippen LogP contribution < -0.4 is 10.2 Å². The maximum Gasteiger partial charge on any atom is 0.0755 e. The van der Waals surface area contributed by atoms with Crippen molar-refractivity contribution in [1.29, 1.82) is 0 Å². The maximum absolute atomic E-state index is 6.10. The summed E-state index contributed by atoms with van der Waals surface area (Å²) in [6.07, 6.45) is 3.09. The number of hydrogen-bond acceptors (Lipinski definition) is 3. The molecule has 2 atom stereocenters. The maximum atomic E-state index is 6.10. The first-order valence-corrected chi connectivity index (χ1v) is 7.30. The van der Waals surface area contributed by atoms with E-state index in [1.54, 1.807) is 0 Å². The van der Waals surface area contributed by atoms with Gasteiger partial charge in [-0.25, -0.2) is 0 Å². The van der Waals surface area contributed by atoms with Crippen molar-refractivity contribution in [2.24, 2.45) is 0 Å². The van der Waals surface area contributed by atoms with Crippen LogP contribution in [0.25, 0.3) is 0 Å². The highest BCUT2D eigenvalue weighted by Gasteiger charge is 2.26. The Balaban J connectivity index is 1.76. The Morgan fingerprint density at radius 3 is 2.58 bits per heavy atom. The topological polar surface area (TPSA) is 24.5 Å². The molecule has 0 radical (unpaired) electrons. The number of nitrogens with one attached hydrogen (secondary N) is 1. The van der Waals surface area contributed by atoms with E-state index in [1.165, 1.54) is 18.5 Å². The average Bonchev–Trinajstić information content (AvgIpc) is 2.85. The quantitative estimate of drug-likeness (QED) is 0.853. The van der Waals surface area contributed by atoms with Gasteiger partial charge in [-0.05, 0) is 25.0 Å². The molecular weight excluding hydrogens is 236 g/mol. The number of rotatable bonds is 6. The second-order valence-electron chi connectivity index (χ2n) is 5.74. The van der Waals surface area contributed by atoms with Crippen LogP contribution in [0.15, 0.2) is 30.3 Å². The van der Waals surface area contributed by atoms with Crippen LogP contribution in [0.4, 0.5) is 5.69 Å². The molecule has 1 fully saturated rings. The highest BCUT2D eigenvalue weighted by atomic mass is 16.5. The highest BCUT2D eigenvalue weighted by molar-refractivity contribution is 5.45. The van der Waals surface area contributed by atoms with Crippen LogP contribution in [0.2, 0.25) is 0 Å². The molecule has 0 aromatic heterocycles. The number of ether oxygens (including phenoxy) is 1. The summed E-state index contributed by atoms with van der Waals surface area (Å²) in [5.41, 5.74) is 1.26. The minimum atomic E-state index is 0.365. The second-order valence-corrected chi connectivity index (χ2v) is 5.74. The van der Waals surface area contributed by atoms with Gasteiger partial charge in [-0.2, -0.15) is 0 Å². The number of benzene rings is 1. The lowest BCUT2D eigenvalue weighted by Gasteiger charge is -2.23. The fourth-order valence-electron chi connectivity index (χ4n) is 2.53. The van der Waals surface area contributed by atoms with Crippen molar-refractivity contribution in [2.75, 3.05) is 25.0 Å². The summed E-state index contributed by atoms with van der Waals surface area (Å²) < 4.78 is 6.10. The predicted molar refractivity (Wildman–Crippen MR) is 80.7 cm³/mol. The van der Waals surface area contributed by atoms with Crippen molar-refractivity contribution in [3.63, 3.8) is 0 Å². The standard InChI is InChI=1S/C16H26N2O/c1-13(2)17-11-15-9-10-16(19-15)12-18(3)14-7-5-4-6-8-14/h4-8,13,15-17H,9-12H2,1-3H3. The van der Waals surface area contributed by atoms with E-state index in [0.29, 0.717) is 18.2 Å². The van der Waals surface area contributed by atoms with Crippen molar-refractivity contribution < 1.29 is 4.74 Å². The molecule has 1 heterocycles. The summed E-state index contributed by atoms with van der Waals surface area (Å²) in [6.45, 7) is 6.30. The molecule has 0 aliphatic carbocycles. The Morgan fingerprint density at radius 2 is 1.89 bits per heavy atom. The van der Waals surface area contributed by atoms with Crippen LogP contribution >= 0.6 is 0 Å². The number of nitrogens with zero attached hydrogens (tertiary/aromatic N) is 1. The lowest BCUT2D eigenvalue weighted by atomic mass is 10.2. The largest absolute Gasteiger partial charge is 0.372 e. The van der Waals surface area contributed by atoms with Crippen LogP contribution in [0.5, 0.6) is 0 Å². The van der Waals surface area contributed by atoms with Gasteiger partial charge in [-0.3, -0.25) is 0 Å². The number of hydrogen-bond donors (Lipinski definition) is 1.